The average Bonchev–Trinajstić information content (AvgIpc) is 2.87. The van der Waals surface area contributed by atoms with Crippen molar-refractivity contribution in [1.29, 1.82) is 0 Å². The van der Waals surface area contributed by atoms with Crippen LogP contribution in [0.5, 0.6) is 5.75 Å². The fraction of sp³-hybridized carbons (Fsp3) is 0.647. The number of nitrogens with one attached hydrogen (secondary N) is 1. The Labute approximate surface area is 122 Å². The summed E-state index contributed by atoms with van der Waals surface area (Å²) in [5.74, 6) is 1.01. The second kappa shape index (κ2) is 8.28. The minimum Gasteiger partial charge on any atom is -0.494 e. The number of unbranched alkanes of at least 4 members (excludes halogenated alkanes) is 1. The maximum Gasteiger partial charge on any atom is 0.119 e. The molecule has 112 valence electrons. The Bertz CT molecular complexity index is 406. The largest absolute Gasteiger partial charge is 0.494 e. The summed E-state index contributed by atoms with van der Waals surface area (Å²) in [6.07, 6.45) is 5.68. The number of aryl methyl sites for hydroxylation is 1. The summed E-state index contributed by atoms with van der Waals surface area (Å²) < 4.78 is 10.9. The maximum atomic E-state index is 5.82. The van der Waals surface area contributed by atoms with Crippen LogP contribution in [0, 0.1) is 0 Å². The standard InChI is InChI=1S/C17H27NO2/c1-3-10-18-17-9-6-14-13-15(7-8-16(14)17)20-12-5-4-11-19-2/h7-8,13,17-18H,3-6,9-12H2,1-2H3. The van der Waals surface area contributed by atoms with Gasteiger partial charge < -0.3 is 14.8 Å². The first-order chi connectivity index (χ1) is 9.85. The number of hydrogen-bond donors (Lipinski definition) is 1. The van der Waals surface area contributed by atoms with E-state index < -0.39 is 0 Å². The first kappa shape index (κ1) is 15.3. The molecule has 1 aliphatic carbocycles. The van der Waals surface area contributed by atoms with E-state index in [4.69, 9.17) is 9.47 Å². The first-order valence-electron chi connectivity index (χ1n) is 7.83. The van der Waals surface area contributed by atoms with E-state index in [1.54, 1.807) is 7.11 Å². The number of fused-ring (bicyclic) bond motifs is 1. The van der Waals surface area contributed by atoms with E-state index in [9.17, 15) is 0 Å². The van der Waals surface area contributed by atoms with Gasteiger partial charge in [0.1, 0.15) is 5.75 Å². The molecule has 1 N–H and O–H groups in total. The van der Waals surface area contributed by atoms with Crippen LogP contribution in [0.25, 0.3) is 0 Å². The number of ether oxygens (including phenoxy) is 2. The molecule has 0 fully saturated rings. The molecule has 0 spiro atoms. The molecule has 0 saturated carbocycles. The number of hydrogen-bond acceptors (Lipinski definition) is 3. The van der Waals surface area contributed by atoms with E-state index in [0.717, 1.165) is 44.8 Å². The van der Waals surface area contributed by atoms with Crippen LogP contribution in [-0.2, 0) is 11.2 Å². The van der Waals surface area contributed by atoms with Gasteiger partial charge in [-0.2, -0.15) is 0 Å². The molecule has 0 radical (unpaired) electrons. The van der Waals surface area contributed by atoms with Gasteiger partial charge in [0.2, 0.25) is 0 Å². The Balaban J connectivity index is 1.83. The lowest BCUT2D eigenvalue weighted by atomic mass is 10.1. The minimum atomic E-state index is 0.542. The second-order valence-electron chi connectivity index (χ2n) is 5.45. The summed E-state index contributed by atoms with van der Waals surface area (Å²) in [6.45, 7) is 4.91. The van der Waals surface area contributed by atoms with Gasteiger partial charge in [0.05, 0.1) is 6.61 Å². The van der Waals surface area contributed by atoms with Crippen molar-refractivity contribution in [3.8, 4) is 5.75 Å². The van der Waals surface area contributed by atoms with E-state index >= 15 is 0 Å². The highest BCUT2D eigenvalue weighted by Crippen LogP contribution is 2.33. The fourth-order valence-corrected chi connectivity index (χ4v) is 2.75. The zero-order valence-corrected chi connectivity index (χ0v) is 12.8. The van der Waals surface area contributed by atoms with Gasteiger partial charge in [-0.05, 0) is 61.9 Å². The lowest BCUT2D eigenvalue weighted by Gasteiger charge is -2.14. The Morgan fingerprint density at radius 3 is 2.90 bits per heavy atom. The molecule has 3 nitrogen and oxygen atoms in total. The topological polar surface area (TPSA) is 30.5 Å². The maximum absolute atomic E-state index is 5.82. The van der Waals surface area contributed by atoms with Crippen molar-refractivity contribution < 1.29 is 9.47 Å². The van der Waals surface area contributed by atoms with Crippen LogP contribution >= 0.6 is 0 Å². The van der Waals surface area contributed by atoms with Crippen LogP contribution in [0.1, 0.15) is 49.8 Å². The monoisotopic (exact) mass is 277 g/mol. The summed E-state index contributed by atoms with van der Waals surface area (Å²) in [4.78, 5) is 0. The van der Waals surface area contributed by atoms with Crippen LogP contribution in [-0.4, -0.2) is 26.9 Å². The highest BCUT2D eigenvalue weighted by atomic mass is 16.5. The van der Waals surface area contributed by atoms with Crippen LogP contribution in [0.4, 0.5) is 0 Å². The van der Waals surface area contributed by atoms with Gasteiger partial charge in [-0.1, -0.05) is 13.0 Å². The summed E-state index contributed by atoms with van der Waals surface area (Å²) in [5.41, 5.74) is 2.91. The van der Waals surface area contributed by atoms with Gasteiger partial charge in [0.15, 0.2) is 0 Å². The minimum absolute atomic E-state index is 0.542. The molecule has 0 aliphatic heterocycles. The molecule has 1 aliphatic rings. The zero-order valence-electron chi connectivity index (χ0n) is 12.8. The van der Waals surface area contributed by atoms with Crippen molar-refractivity contribution in [2.45, 2.75) is 45.1 Å². The van der Waals surface area contributed by atoms with Crippen LogP contribution < -0.4 is 10.1 Å². The predicted molar refractivity (Wildman–Crippen MR) is 82.4 cm³/mol. The Morgan fingerprint density at radius 1 is 1.25 bits per heavy atom. The summed E-state index contributed by atoms with van der Waals surface area (Å²) in [5, 5.41) is 3.62. The van der Waals surface area contributed by atoms with Gasteiger partial charge in [0.25, 0.3) is 0 Å². The Morgan fingerprint density at radius 2 is 2.10 bits per heavy atom. The van der Waals surface area contributed by atoms with Gasteiger partial charge in [-0.15, -0.1) is 0 Å². The third-order valence-electron chi connectivity index (χ3n) is 3.84. The molecule has 1 aromatic carbocycles. The van der Waals surface area contributed by atoms with E-state index in [1.807, 2.05) is 0 Å². The molecular formula is C17H27NO2. The molecule has 1 atom stereocenters. The first-order valence-corrected chi connectivity index (χ1v) is 7.83. The molecule has 0 bridgehead atoms. The second-order valence-corrected chi connectivity index (χ2v) is 5.45. The lowest BCUT2D eigenvalue weighted by molar-refractivity contribution is 0.184. The van der Waals surface area contributed by atoms with Crippen LogP contribution in [0.2, 0.25) is 0 Å². The molecule has 1 aromatic rings. The molecule has 2 rings (SSSR count). The third-order valence-corrected chi connectivity index (χ3v) is 3.84. The SMILES string of the molecule is CCCNC1CCc2cc(OCCCCOC)ccc21. The Hall–Kier alpha value is -1.06. The van der Waals surface area contributed by atoms with Crippen molar-refractivity contribution in [3.05, 3.63) is 29.3 Å². The summed E-state index contributed by atoms with van der Waals surface area (Å²) in [6, 6.07) is 7.11. The van der Waals surface area contributed by atoms with Crippen LogP contribution in [0.15, 0.2) is 18.2 Å². The Kier molecular flexibility index (Phi) is 6.34. The van der Waals surface area contributed by atoms with E-state index in [-0.39, 0.29) is 0 Å². The van der Waals surface area contributed by atoms with Crippen molar-refractivity contribution in [2.75, 3.05) is 26.9 Å². The number of methoxy groups -OCH3 is 1. The van der Waals surface area contributed by atoms with Gasteiger partial charge in [0, 0.05) is 19.8 Å². The van der Waals surface area contributed by atoms with Gasteiger partial charge in [-0.3, -0.25) is 0 Å². The van der Waals surface area contributed by atoms with E-state index in [0.29, 0.717) is 6.04 Å². The van der Waals surface area contributed by atoms with Crippen molar-refractivity contribution >= 4 is 0 Å². The average molecular weight is 277 g/mol. The summed E-state index contributed by atoms with van der Waals surface area (Å²) in [7, 11) is 1.74. The van der Waals surface area contributed by atoms with Crippen LogP contribution in [0.3, 0.4) is 0 Å². The number of benzene rings is 1. The fourth-order valence-electron chi connectivity index (χ4n) is 2.75. The highest BCUT2D eigenvalue weighted by molar-refractivity contribution is 5.40. The molecule has 0 amide bonds. The van der Waals surface area contributed by atoms with Crippen molar-refractivity contribution in [3.63, 3.8) is 0 Å². The lowest BCUT2D eigenvalue weighted by Crippen LogP contribution is -2.19. The molecule has 0 heterocycles. The van der Waals surface area contributed by atoms with Crippen molar-refractivity contribution in [2.24, 2.45) is 0 Å². The normalized spacial score (nSPS) is 17.2. The summed E-state index contributed by atoms with van der Waals surface area (Å²) >= 11 is 0. The molecule has 0 aromatic heterocycles. The predicted octanol–water partition coefficient (Wildman–Crippen LogP) is 3.48. The quantitative estimate of drug-likeness (QED) is 0.701. The van der Waals surface area contributed by atoms with Gasteiger partial charge in [-0.25, -0.2) is 0 Å². The van der Waals surface area contributed by atoms with Crippen molar-refractivity contribution in [1.82, 2.24) is 5.32 Å². The molecule has 20 heavy (non-hydrogen) atoms. The number of rotatable bonds is 9. The smallest absolute Gasteiger partial charge is 0.119 e. The molecule has 0 saturated heterocycles. The van der Waals surface area contributed by atoms with Gasteiger partial charge >= 0.3 is 0 Å². The molecule has 1 unspecified atom stereocenters. The zero-order chi connectivity index (χ0) is 14.2. The van der Waals surface area contributed by atoms with E-state index in [2.05, 4.69) is 30.4 Å². The third kappa shape index (κ3) is 4.22. The van der Waals surface area contributed by atoms with E-state index in [1.165, 1.54) is 24.0 Å². The molecular weight excluding hydrogens is 250 g/mol. The highest BCUT2D eigenvalue weighted by Gasteiger charge is 2.21. The molecule has 3 heteroatoms.